The zero-order valence-electron chi connectivity index (χ0n) is 9.49. The fourth-order valence-electron chi connectivity index (χ4n) is 1.23. The number of carbonyl (C=O) groups excluding carboxylic acids is 1. The molecule has 5 heteroatoms. The van der Waals surface area contributed by atoms with Gasteiger partial charge in [0.05, 0.1) is 6.04 Å². The molecule has 0 aliphatic carbocycles. The minimum atomic E-state index is -1.03. The average molecular weight is 216 g/mol. The van der Waals surface area contributed by atoms with Crippen LogP contribution < -0.4 is 11.1 Å². The zero-order valence-corrected chi connectivity index (χ0v) is 9.49. The fraction of sp³-hybridized carbons (Fsp3) is 0.800. The molecule has 0 bridgehead atoms. The molecule has 0 saturated carbocycles. The van der Waals surface area contributed by atoms with E-state index in [-0.39, 0.29) is 0 Å². The van der Waals surface area contributed by atoms with Crippen LogP contribution in [0, 0.1) is 5.92 Å². The third-order valence-corrected chi connectivity index (χ3v) is 2.08. The van der Waals surface area contributed by atoms with Gasteiger partial charge in [-0.15, -0.1) is 0 Å². The second kappa shape index (κ2) is 6.40. The molecule has 0 spiro atoms. The summed E-state index contributed by atoms with van der Waals surface area (Å²) < 4.78 is 0. The predicted molar refractivity (Wildman–Crippen MR) is 57.3 cm³/mol. The average Bonchev–Trinajstić information content (AvgIpc) is 2.11. The number of rotatable bonds is 6. The summed E-state index contributed by atoms with van der Waals surface area (Å²) in [6.07, 6.45) is 0.914. The van der Waals surface area contributed by atoms with Gasteiger partial charge in [-0.3, -0.25) is 4.79 Å². The summed E-state index contributed by atoms with van der Waals surface area (Å²) in [5.74, 6) is -1.10. The van der Waals surface area contributed by atoms with Crippen molar-refractivity contribution >= 4 is 11.9 Å². The van der Waals surface area contributed by atoms with Crippen LogP contribution in [0.1, 0.15) is 33.6 Å². The van der Waals surface area contributed by atoms with Gasteiger partial charge < -0.3 is 16.2 Å². The summed E-state index contributed by atoms with van der Waals surface area (Å²) in [6.45, 7) is 5.62. The molecule has 2 atom stereocenters. The van der Waals surface area contributed by atoms with Crippen LogP contribution in [0.25, 0.3) is 0 Å². The van der Waals surface area contributed by atoms with Crippen LogP contribution in [-0.4, -0.2) is 29.1 Å². The van der Waals surface area contributed by atoms with E-state index in [1.165, 1.54) is 0 Å². The second-order valence-corrected chi connectivity index (χ2v) is 4.04. The molecular formula is C10H20N2O3. The van der Waals surface area contributed by atoms with Crippen LogP contribution in [0.3, 0.4) is 0 Å². The summed E-state index contributed by atoms with van der Waals surface area (Å²) >= 11 is 0. The molecule has 0 rings (SSSR count). The first kappa shape index (κ1) is 13.9. The van der Waals surface area contributed by atoms with Crippen molar-refractivity contribution in [1.82, 2.24) is 5.32 Å². The van der Waals surface area contributed by atoms with E-state index in [1.807, 2.05) is 13.8 Å². The minimum Gasteiger partial charge on any atom is -0.480 e. The molecule has 0 radical (unpaired) electrons. The number of nitrogens with two attached hydrogens (primary N) is 1. The van der Waals surface area contributed by atoms with Crippen LogP contribution >= 0.6 is 0 Å². The van der Waals surface area contributed by atoms with Gasteiger partial charge in [-0.2, -0.15) is 0 Å². The van der Waals surface area contributed by atoms with Gasteiger partial charge in [-0.25, -0.2) is 4.79 Å². The molecule has 88 valence electrons. The summed E-state index contributed by atoms with van der Waals surface area (Å²) in [4.78, 5) is 22.1. The van der Waals surface area contributed by atoms with Crippen molar-refractivity contribution in [3.8, 4) is 0 Å². The predicted octanol–water partition coefficient (Wildman–Crippen LogP) is 0.339. The molecule has 15 heavy (non-hydrogen) atoms. The van der Waals surface area contributed by atoms with E-state index in [2.05, 4.69) is 5.32 Å². The van der Waals surface area contributed by atoms with Crippen molar-refractivity contribution in [1.29, 1.82) is 0 Å². The van der Waals surface area contributed by atoms with Crippen molar-refractivity contribution in [2.24, 2.45) is 11.7 Å². The van der Waals surface area contributed by atoms with Crippen LogP contribution in [0.5, 0.6) is 0 Å². The first-order chi connectivity index (χ1) is 6.88. The molecule has 0 heterocycles. The maximum Gasteiger partial charge on any atom is 0.326 e. The molecule has 0 aliphatic rings. The van der Waals surface area contributed by atoms with Gasteiger partial charge in [-0.1, -0.05) is 20.8 Å². The van der Waals surface area contributed by atoms with Gasteiger partial charge in [0, 0.05) is 0 Å². The number of hydrogen-bond donors (Lipinski definition) is 3. The van der Waals surface area contributed by atoms with Crippen molar-refractivity contribution in [2.45, 2.75) is 45.7 Å². The smallest absolute Gasteiger partial charge is 0.326 e. The SMILES string of the molecule is CC[C@@H](NC(=O)C(N)CC(C)C)C(=O)O. The Morgan fingerprint density at radius 2 is 1.93 bits per heavy atom. The molecule has 0 aromatic carbocycles. The number of hydrogen-bond acceptors (Lipinski definition) is 3. The number of aliphatic carboxylic acids is 1. The highest BCUT2D eigenvalue weighted by Gasteiger charge is 2.21. The highest BCUT2D eigenvalue weighted by Crippen LogP contribution is 2.03. The number of carboxylic acid groups (broad SMARTS) is 1. The number of nitrogens with one attached hydrogen (secondary N) is 1. The Morgan fingerprint density at radius 3 is 2.27 bits per heavy atom. The molecule has 4 N–H and O–H groups in total. The van der Waals surface area contributed by atoms with Gasteiger partial charge in [0.15, 0.2) is 0 Å². The van der Waals surface area contributed by atoms with E-state index in [0.717, 1.165) is 0 Å². The topological polar surface area (TPSA) is 92.4 Å². The number of carboxylic acids is 1. The van der Waals surface area contributed by atoms with Gasteiger partial charge in [0.25, 0.3) is 0 Å². The van der Waals surface area contributed by atoms with Crippen LogP contribution in [-0.2, 0) is 9.59 Å². The van der Waals surface area contributed by atoms with Crippen LogP contribution in [0.15, 0.2) is 0 Å². The summed E-state index contributed by atoms with van der Waals surface area (Å²) in [6, 6.07) is -1.46. The first-order valence-electron chi connectivity index (χ1n) is 5.17. The molecule has 1 amide bonds. The van der Waals surface area contributed by atoms with Crippen molar-refractivity contribution in [3.63, 3.8) is 0 Å². The van der Waals surface area contributed by atoms with E-state index in [4.69, 9.17) is 10.8 Å². The third-order valence-electron chi connectivity index (χ3n) is 2.08. The molecule has 1 unspecified atom stereocenters. The van der Waals surface area contributed by atoms with E-state index < -0.39 is 24.0 Å². The Hall–Kier alpha value is -1.10. The Morgan fingerprint density at radius 1 is 1.40 bits per heavy atom. The lowest BCUT2D eigenvalue weighted by Crippen LogP contribution is -2.48. The lowest BCUT2D eigenvalue weighted by molar-refractivity contribution is -0.142. The Balaban J connectivity index is 4.16. The zero-order chi connectivity index (χ0) is 12.0. The number of carbonyl (C=O) groups is 2. The first-order valence-corrected chi connectivity index (χ1v) is 5.17. The molecule has 5 nitrogen and oxygen atoms in total. The quantitative estimate of drug-likeness (QED) is 0.597. The Bertz CT molecular complexity index is 229. The third kappa shape index (κ3) is 5.37. The Kier molecular flexibility index (Phi) is 5.93. The highest BCUT2D eigenvalue weighted by atomic mass is 16.4. The molecular weight excluding hydrogens is 196 g/mol. The van der Waals surface area contributed by atoms with Crippen LogP contribution in [0.4, 0.5) is 0 Å². The molecule has 0 aromatic heterocycles. The fourth-order valence-corrected chi connectivity index (χ4v) is 1.23. The minimum absolute atomic E-state index is 0.315. The van der Waals surface area contributed by atoms with E-state index >= 15 is 0 Å². The van der Waals surface area contributed by atoms with E-state index in [1.54, 1.807) is 6.92 Å². The van der Waals surface area contributed by atoms with E-state index in [0.29, 0.717) is 18.8 Å². The molecule has 0 saturated heterocycles. The summed E-state index contributed by atoms with van der Waals surface area (Å²) in [5.41, 5.74) is 5.62. The van der Waals surface area contributed by atoms with Gasteiger partial charge in [0.1, 0.15) is 6.04 Å². The van der Waals surface area contributed by atoms with Crippen LogP contribution in [0.2, 0.25) is 0 Å². The number of amides is 1. The monoisotopic (exact) mass is 216 g/mol. The maximum absolute atomic E-state index is 11.5. The molecule has 0 fully saturated rings. The van der Waals surface area contributed by atoms with Crippen molar-refractivity contribution < 1.29 is 14.7 Å². The van der Waals surface area contributed by atoms with Gasteiger partial charge in [-0.05, 0) is 18.8 Å². The lowest BCUT2D eigenvalue weighted by Gasteiger charge is -2.17. The standard InChI is InChI=1S/C10H20N2O3/c1-4-8(10(14)15)12-9(13)7(11)5-6(2)3/h6-8H,4-5,11H2,1-3H3,(H,12,13)(H,14,15)/t7?,8-/m1/s1. The lowest BCUT2D eigenvalue weighted by atomic mass is 10.0. The normalized spacial score (nSPS) is 14.7. The summed E-state index contributed by atoms with van der Waals surface area (Å²) in [5, 5.41) is 11.1. The highest BCUT2D eigenvalue weighted by molar-refractivity contribution is 5.86. The Labute approximate surface area is 90.0 Å². The summed E-state index contributed by atoms with van der Waals surface area (Å²) in [7, 11) is 0. The van der Waals surface area contributed by atoms with Crippen molar-refractivity contribution in [3.05, 3.63) is 0 Å². The van der Waals surface area contributed by atoms with Gasteiger partial charge >= 0.3 is 5.97 Å². The second-order valence-electron chi connectivity index (χ2n) is 4.04. The largest absolute Gasteiger partial charge is 0.480 e. The van der Waals surface area contributed by atoms with Crippen molar-refractivity contribution in [2.75, 3.05) is 0 Å². The maximum atomic E-state index is 11.5. The molecule has 0 aromatic rings. The van der Waals surface area contributed by atoms with E-state index in [9.17, 15) is 9.59 Å². The molecule has 0 aliphatic heterocycles. The van der Waals surface area contributed by atoms with Gasteiger partial charge in [0.2, 0.25) is 5.91 Å².